The van der Waals surface area contributed by atoms with E-state index in [9.17, 15) is 29.8 Å². The second-order valence-corrected chi connectivity index (χ2v) is 7.44. The zero-order chi connectivity index (χ0) is 23.3. The number of likely N-dealkylation sites (N-methyl/N-ethyl adjacent to an activating group) is 2. The smallest absolute Gasteiger partial charge is 0.277 e. The number of amides is 2. The summed E-state index contributed by atoms with van der Waals surface area (Å²) < 4.78 is 0. The number of hydrogen-bond donors (Lipinski definition) is 0. The summed E-state index contributed by atoms with van der Waals surface area (Å²) in [6.45, 7) is 3.84. The Hall–Kier alpha value is -3.99. The van der Waals surface area contributed by atoms with Crippen LogP contribution < -0.4 is 0 Å². The van der Waals surface area contributed by atoms with Crippen molar-refractivity contribution in [1.82, 2.24) is 9.80 Å². The molecular formula is C21H16N4O6S. The summed E-state index contributed by atoms with van der Waals surface area (Å²) in [5, 5.41) is 23.2. The molecule has 0 radical (unpaired) electrons. The summed E-state index contributed by atoms with van der Waals surface area (Å²) in [5.41, 5.74) is 0.513. The molecule has 0 bridgehead atoms. The van der Waals surface area contributed by atoms with Gasteiger partial charge in [-0.3, -0.25) is 39.6 Å². The molecule has 2 amide bonds. The zero-order valence-electron chi connectivity index (χ0n) is 17.0. The quantitative estimate of drug-likeness (QED) is 0.195. The van der Waals surface area contributed by atoms with E-state index in [2.05, 4.69) is 0 Å². The van der Waals surface area contributed by atoms with Crippen LogP contribution >= 0.6 is 12.2 Å². The minimum Gasteiger partial charge on any atom is -0.285 e. The fraction of sp³-hybridized carbons (Fsp3) is 0.190. The Labute approximate surface area is 187 Å². The molecule has 2 aromatic rings. The number of nitrogens with zero attached hydrogens (tertiary/aromatic N) is 4. The van der Waals surface area contributed by atoms with Gasteiger partial charge in [0.2, 0.25) is 0 Å². The predicted octanol–water partition coefficient (Wildman–Crippen LogP) is 3.28. The molecule has 1 saturated heterocycles. The maximum Gasteiger partial charge on any atom is 0.277 e. The normalized spacial score (nSPS) is 15.2. The van der Waals surface area contributed by atoms with Gasteiger partial charge in [-0.25, -0.2) is 0 Å². The van der Waals surface area contributed by atoms with Crippen LogP contribution in [0.5, 0.6) is 0 Å². The van der Waals surface area contributed by atoms with E-state index in [0.717, 1.165) is 0 Å². The summed E-state index contributed by atoms with van der Waals surface area (Å²) in [4.78, 5) is 51.2. The first-order valence-electron chi connectivity index (χ1n) is 9.71. The number of rotatable bonds is 4. The van der Waals surface area contributed by atoms with E-state index in [1.165, 1.54) is 40.1 Å². The van der Waals surface area contributed by atoms with Crippen LogP contribution in [0, 0.1) is 20.2 Å². The van der Waals surface area contributed by atoms with Crippen LogP contribution in [0.3, 0.4) is 0 Å². The van der Waals surface area contributed by atoms with E-state index >= 15 is 0 Å². The van der Waals surface area contributed by atoms with Gasteiger partial charge >= 0.3 is 0 Å². The van der Waals surface area contributed by atoms with E-state index in [0.29, 0.717) is 11.1 Å². The molecule has 162 valence electrons. The van der Waals surface area contributed by atoms with Crippen molar-refractivity contribution in [2.24, 2.45) is 0 Å². The molecule has 0 spiro atoms. The second-order valence-electron chi connectivity index (χ2n) is 7.08. The van der Waals surface area contributed by atoms with Crippen LogP contribution in [0.15, 0.2) is 42.0 Å². The SMILES string of the molecule is CCN1C(=O)C(=C2c3cc([N+](=O)[O-])ccc3-c3c2cccc3[N+](=O)[O-])C(=O)N(CC)C1=S. The molecule has 0 saturated carbocycles. The topological polar surface area (TPSA) is 127 Å². The van der Waals surface area contributed by atoms with Crippen molar-refractivity contribution in [3.63, 3.8) is 0 Å². The number of thiocarbonyl (C=S) groups is 1. The Morgan fingerprint density at radius 3 is 2.00 bits per heavy atom. The maximum absolute atomic E-state index is 13.3. The molecule has 0 unspecified atom stereocenters. The molecular weight excluding hydrogens is 436 g/mol. The summed E-state index contributed by atoms with van der Waals surface area (Å²) >= 11 is 5.30. The number of carbonyl (C=O) groups excluding carboxylic acids is 2. The van der Waals surface area contributed by atoms with Crippen molar-refractivity contribution in [3.8, 4) is 11.1 Å². The number of carbonyl (C=O) groups is 2. The summed E-state index contributed by atoms with van der Waals surface area (Å²) in [6, 6.07) is 8.22. The van der Waals surface area contributed by atoms with Gasteiger partial charge in [0.1, 0.15) is 5.57 Å². The highest BCUT2D eigenvalue weighted by molar-refractivity contribution is 7.80. The first-order chi connectivity index (χ1) is 15.2. The molecule has 32 heavy (non-hydrogen) atoms. The lowest BCUT2D eigenvalue weighted by molar-refractivity contribution is -0.385. The average molecular weight is 452 g/mol. The summed E-state index contributed by atoms with van der Waals surface area (Å²) in [5.74, 6) is -1.28. The van der Waals surface area contributed by atoms with Gasteiger partial charge in [-0.2, -0.15) is 0 Å². The number of non-ortho nitro benzene ring substituents is 1. The third-order valence-electron chi connectivity index (χ3n) is 5.52. The zero-order valence-corrected chi connectivity index (χ0v) is 17.8. The molecule has 10 nitrogen and oxygen atoms in total. The maximum atomic E-state index is 13.3. The Kier molecular flexibility index (Phi) is 5.05. The Balaban J connectivity index is 2.14. The van der Waals surface area contributed by atoms with Crippen LogP contribution in [-0.2, 0) is 9.59 Å². The van der Waals surface area contributed by atoms with Crippen LogP contribution in [-0.4, -0.2) is 49.7 Å². The standard InChI is InChI=1S/C21H16N4O6S/c1-3-22-19(26)18(20(27)23(4-2)21(22)32)17-13-6-5-7-15(25(30)31)16(13)12-9-8-11(24(28)29)10-14(12)17/h5-10H,3-4H2,1-2H3. The van der Waals surface area contributed by atoms with Gasteiger partial charge in [-0.15, -0.1) is 0 Å². The largest absolute Gasteiger partial charge is 0.285 e. The van der Waals surface area contributed by atoms with Crippen LogP contribution in [0.2, 0.25) is 0 Å². The lowest BCUT2D eigenvalue weighted by Gasteiger charge is -2.36. The van der Waals surface area contributed by atoms with E-state index in [-0.39, 0.29) is 51.8 Å². The molecule has 11 heteroatoms. The van der Waals surface area contributed by atoms with Gasteiger partial charge in [-0.1, -0.05) is 12.1 Å². The number of nitro groups is 2. The first-order valence-corrected chi connectivity index (χ1v) is 10.1. The molecule has 0 aromatic heterocycles. The lowest BCUT2D eigenvalue weighted by Crippen LogP contribution is -2.56. The molecule has 0 atom stereocenters. The van der Waals surface area contributed by atoms with Crippen LogP contribution in [0.1, 0.15) is 25.0 Å². The van der Waals surface area contributed by atoms with Gasteiger partial charge in [0.15, 0.2) is 5.11 Å². The van der Waals surface area contributed by atoms with Gasteiger partial charge in [0.25, 0.3) is 23.2 Å². The first kappa shape index (κ1) is 21.2. The molecule has 2 aliphatic rings. The van der Waals surface area contributed by atoms with Gasteiger partial charge < -0.3 is 0 Å². The van der Waals surface area contributed by atoms with E-state index < -0.39 is 21.7 Å². The fourth-order valence-corrected chi connectivity index (χ4v) is 4.55. The Morgan fingerprint density at radius 1 is 0.844 bits per heavy atom. The summed E-state index contributed by atoms with van der Waals surface area (Å²) in [7, 11) is 0. The van der Waals surface area contributed by atoms with Gasteiger partial charge in [0.05, 0.1) is 15.4 Å². The summed E-state index contributed by atoms with van der Waals surface area (Å²) in [6.07, 6.45) is 0. The second kappa shape index (κ2) is 7.61. The fourth-order valence-electron chi connectivity index (χ4n) is 4.12. The Bertz CT molecular complexity index is 1260. The van der Waals surface area contributed by atoms with Crippen LogP contribution in [0.4, 0.5) is 11.4 Å². The molecule has 4 rings (SSSR count). The minimum atomic E-state index is -0.640. The molecule has 1 aliphatic heterocycles. The number of fused-ring (bicyclic) bond motifs is 3. The predicted molar refractivity (Wildman–Crippen MR) is 119 cm³/mol. The molecule has 1 fully saturated rings. The van der Waals surface area contributed by atoms with E-state index in [4.69, 9.17) is 12.2 Å². The highest BCUT2D eigenvalue weighted by Gasteiger charge is 2.43. The third kappa shape index (κ3) is 2.89. The van der Waals surface area contributed by atoms with Crippen molar-refractivity contribution in [2.45, 2.75) is 13.8 Å². The van der Waals surface area contributed by atoms with Crippen LogP contribution in [0.25, 0.3) is 16.7 Å². The number of benzene rings is 2. The molecule has 1 heterocycles. The van der Waals surface area contributed by atoms with Gasteiger partial charge in [-0.05, 0) is 48.8 Å². The van der Waals surface area contributed by atoms with E-state index in [1.807, 2.05) is 0 Å². The number of hydrogen-bond acceptors (Lipinski definition) is 7. The average Bonchev–Trinajstić information content (AvgIpc) is 3.08. The van der Waals surface area contributed by atoms with Crippen molar-refractivity contribution in [3.05, 3.63) is 73.3 Å². The van der Waals surface area contributed by atoms with Crippen molar-refractivity contribution >= 4 is 46.1 Å². The van der Waals surface area contributed by atoms with Crippen molar-refractivity contribution < 1.29 is 19.4 Å². The third-order valence-corrected chi connectivity index (χ3v) is 5.96. The minimum absolute atomic E-state index is 0.0749. The monoisotopic (exact) mass is 452 g/mol. The Morgan fingerprint density at radius 2 is 1.47 bits per heavy atom. The van der Waals surface area contributed by atoms with Crippen molar-refractivity contribution in [2.75, 3.05) is 13.1 Å². The van der Waals surface area contributed by atoms with Crippen molar-refractivity contribution in [1.29, 1.82) is 0 Å². The number of nitro benzene ring substituents is 2. The lowest BCUT2D eigenvalue weighted by atomic mass is 9.94. The molecule has 0 N–H and O–H groups in total. The molecule has 1 aliphatic carbocycles. The highest BCUT2D eigenvalue weighted by Crippen LogP contribution is 2.51. The van der Waals surface area contributed by atoms with E-state index in [1.54, 1.807) is 19.9 Å². The van der Waals surface area contributed by atoms with Gasteiger partial charge in [0, 0.05) is 36.9 Å². The molecule has 2 aromatic carbocycles. The highest BCUT2D eigenvalue weighted by atomic mass is 32.1.